The molecule has 2 heterocycles. The van der Waals surface area contributed by atoms with Crippen molar-refractivity contribution in [2.45, 2.75) is 25.6 Å². The van der Waals surface area contributed by atoms with Crippen LogP contribution in [0.5, 0.6) is 11.5 Å². The Morgan fingerprint density at radius 3 is 2.65 bits per heavy atom. The van der Waals surface area contributed by atoms with Gasteiger partial charge in [-0.3, -0.25) is 0 Å². The van der Waals surface area contributed by atoms with E-state index in [0.29, 0.717) is 22.1 Å². The van der Waals surface area contributed by atoms with Crippen LogP contribution in [0, 0.1) is 5.82 Å². The first-order chi connectivity index (χ1) is 11.2. The molecule has 0 amide bonds. The fourth-order valence-electron chi connectivity index (χ4n) is 3.17. The number of ether oxygens (including phenoxy) is 2. The molecule has 2 aromatic carbocycles. The van der Waals surface area contributed by atoms with Crippen LogP contribution in [0.15, 0.2) is 36.4 Å². The predicted octanol–water partition coefficient (Wildman–Crippen LogP) is 4.94. The van der Waals surface area contributed by atoms with Gasteiger partial charge in [0.2, 0.25) is 0 Å². The topological polar surface area (TPSA) is 21.7 Å². The summed E-state index contributed by atoms with van der Waals surface area (Å²) >= 11 is 5.81. The lowest BCUT2D eigenvalue weighted by molar-refractivity contribution is 0.0456. The lowest BCUT2D eigenvalue weighted by atomic mass is 10.1. The Kier molecular flexibility index (Phi) is 3.77. The van der Waals surface area contributed by atoms with Crippen LogP contribution in [0.25, 0.3) is 0 Å². The quantitative estimate of drug-likeness (QED) is 0.777. The molecule has 0 aliphatic carbocycles. The molecule has 2 aromatic rings. The van der Waals surface area contributed by atoms with Crippen molar-refractivity contribution >= 4 is 17.3 Å². The minimum atomic E-state index is -0.770. The molecule has 2 aliphatic rings. The summed E-state index contributed by atoms with van der Waals surface area (Å²) in [6.07, 6.45) is 2.86. The number of piperidine rings is 1. The maximum absolute atomic E-state index is 14.1. The molecule has 0 N–H and O–H groups in total. The van der Waals surface area contributed by atoms with Crippen molar-refractivity contribution in [3.8, 4) is 11.5 Å². The molecule has 1 fully saturated rings. The normalized spacial score (nSPS) is 19.9. The summed E-state index contributed by atoms with van der Waals surface area (Å²) in [6.45, 7) is 2.03. The third kappa shape index (κ3) is 2.72. The number of rotatable bonds is 2. The summed E-state index contributed by atoms with van der Waals surface area (Å²) in [6, 6.07) is 10.4. The lowest BCUT2D eigenvalue weighted by Gasteiger charge is -2.29. The molecule has 1 atom stereocenters. The summed E-state index contributed by atoms with van der Waals surface area (Å²) < 4.78 is 25.9. The summed E-state index contributed by atoms with van der Waals surface area (Å²) in [5.41, 5.74) is 1.38. The van der Waals surface area contributed by atoms with Crippen molar-refractivity contribution < 1.29 is 13.9 Å². The Hall–Kier alpha value is -1.94. The molecule has 120 valence electrons. The molecule has 5 heteroatoms. The van der Waals surface area contributed by atoms with Crippen LogP contribution in [0.1, 0.15) is 31.1 Å². The second-order valence-electron chi connectivity index (χ2n) is 5.89. The average molecular weight is 334 g/mol. The van der Waals surface area contributed by atoms with E-state index in [-0.39, 0.29) is 0 Å². The van der Waals surface area contributed by atoms with E-state index in [1.165, 1.54) is 25.3 Å². The smallest absolute Gasteiger partial charge is 0.270 e. The van der Waals surface area contributed by atoms with Crippen LogP contribution in [0.4, 0.5) is 10.1 Å². The Labute approximate surface area is 139 Å². The number of halogens is 2. The number of para-hydroxylation sites is 1. The molecule has 0 spiro atoms. The molecule has 4 rings (SSSR count). The first-order valence-electron chi connectivity index (χ1n) is 7.88. The molecule has 1 saturated heterocycles. The minimum Gasteiger partial charge on any atom is -0.446 e. The first-order valence-corrected chi connectivity index (χ1v) is 8.26. The van der Waals surface area contributed by atoms with Gasteiger partial charge in [-0.1, -0.05) is 17.7 Å². The van der Waals surface area contributed by atoms with E-state index in [1.807, 2.05) is 18.2 Å². The SMILES string of the molecule is Fc1cc(Cl)ccc1C1Oc2cccc(N3CCCCC3)c2O1. The van der Waals surface area contributed by atoms with Gasteiger partial charge in [-0.2, -0.15) is 0 Å². The number of fused-ring (bicyclic) bond motifs is 1. The van der Waals surface area contributed by atoms with Crippen LogP contribution in [-0.2, 0) is 0 Å². The van der Waals surface area contributed by atoms with Crippen LogP contribution in [0.2, 0.25) is 5.02 Å². The second kappa shape index (κ2) is 5.93. The maximum Gasteiger partial charge on any atom is 0.270 e. The number of hydrogen-bond donors (Lipinski definition) is 0. The lowest BCUT2D eigenvalue weighted by Crippen LogP contribution is -2.29. The molecule has 0 radical (unpaired) electrons. The van der Waals surface area contributed by atoms with Gasteiger partial charge < -0.3 is 14.4 Å². The van der Waals surface area contributed by atoms with Gasteiger partial charge >= 0.3 is 0 Å². The molecular formula is C18H17ClFNO2. The van der Waals surface area contributed by atoms with E-state index in [4.69, 9.17) is 21.1 Å². The van der Waals surface area contributed by atoms with Crippen molar-refractivity contribution in [3.05, 3.63) is 52.8 Å². The van der Waals surface area contributed by atoms with Gasteiger partial charge in [0.05, 0.1) is 11.3 Å². The van der Waals surface area contributed by atoms with E-state index in [1.54, 1.807) is 12.1 Å². The minimum absolute atomic E-state index is 0.357. The van der Waals surface area contributed by atoms with Gasteiger partial charge in [0.25, 0.3) is 6.29 Å². The highest BCUT2D eigenvalue weighted by Crippen LogP contribution is 2.47. The Balaban J connectivity index is 1.64. The fraction of sp³-hybridized carbons (Fsp3) is 0.333. The predicted molar refractivity (Wildman–Crippen MR) is 87.9 cm³/mol. The van der Waals surface area contributed by atoms with Crippen LogP contribution in [0.3, 0.4) is 0 Å². The zero-order valence-corrected chi connectivity index (χ0v) is 13.4. The van der Waals surface area contributed by atoms with Crippen LogP contribution >= 0.6 is 11.6 Å². The van der Waals surface area contributed by atoms with Gasteiger partial charge in [-0.05, 0) is 49.6 Å². The fourth-order valence-corrected chi connectivity index (χ4v) is 3.32. The first kappa shape index (κ1) is 14.6. The van der Waals surface area contributed by atoms with Crippen molar-refractivity contribution in [1.82, 2.24) is 0 Å². The van der Waals surface area contributed by atoms with Gasteiger partial charge in [0.1, 0.15) is 5.82 Å². The maximum atomic E-state index is 14.1. The third-order valence-electron chi connectivity index (χ3n) is 4.33. The Bertz CT molecular complexity index is 731. The molecule has 23 heavy (non-hydrogen) atoms. The molecule has 3 nitrogen and oxygen atoms in total. The monoisotopic (exact) mass is 333 g/mol. The van der Waals surface area contributed by atoms with Crippen molar-refractivity contribution in [2.75, 3.05) is 18.0 Å². The van der Waals surface area contributed by atoms with E-state index in [0.717, 1.165) is 18.8 Å². The Morgan fingerprint density at radius 1 is 1.04 bits per heavy atom. The Morgan fingerprint density at radius 2 is 1.87 bits per heavy atom. The second-order valence-corrected chi connectivity index (χ2v) is 6.32. The molecular weight excluding hydrogens is 317 g/mol. The highest BCUT2D eigenvalue weighted by atomic mass is 35.5. The standard InChI is InChI=1S/C18H17ClFNO2/c19-12-7-8-13(14(20)11-12)18-22-16-6-4-5-15(17(16)23-18)21-9-2-1-3-10-21/h4-8,11,18H,1-3,9-10H2. The average Bonchev–Trinajstić information content (AvgIpc) is 2.99. The summed E-state index contributed by atoms with van der Waals surface area (Å²) in [5, 5.41) is 0.357. The van der Waals surface area contributed by atoms with Gasteiger partial charge in [-0.15, -0.1) is 0 Å². The van der Waals surface area contributed by atoms with E-state index >= 15 is 0 Å². The van der Waals surface area contributed by atoms with E-state index < -0.39 is 12.1 Å². The van der Waals surface area contributed by atoms with Crippen molar-refractivity contribution in [3.63, 3.8) is 0 Å². The molecule has 0 bridgehead atoms. The van der Waals surface area contributed by atoms with E-state index in [9.17, 15) is 4.39 Å². The van der Waals surface area contributed by atoms with Crippen LogP contribution in [-0.4, -0.2) is 13.1 Å². The highest BCUT2D eigenvalue weighted by Gasteiger charge is 2.31. The molecule has 0 aromatic heterocycles. The zero-order chi connectivity index (χ0) is 15.8. The summed E-state index contributed by atoms with van der Waals surface area (Å²) in [5.74, 6) is 0.941. The van der Waals surface area contributed by atoms with Gasteiger partial charge in [0, 0.05) is 18.1 Å². The third-order valence-corrected chi connectivity index (χ3v) is 4.57. The van der Waals surface area contributed by atoms with Crippen LogP contribution < -0.4 is 14.4 Å². The molecule has 0 saturated carbocycles. The van der Waals surface area contributed by atoms with Crippen molar-refractivity contribution in [2.24, 2.45) is 0 Å². The van der Waals surface area contributed by atoms with Crippen molar-refractivity contribution in [1.29, 1.82) is 0 Å². The summed E-state index contributed by atoms with van der Waals surface area (Å²) in [4.78, 5) is 2.31. The molecule has 1 unspecified atom stereocenters. The zero-order valence-electron chi connectivity index (χ0n) is 12.6. The van der Waals surface area contributed by atoms with E-state index in [2.05, 4.69) is 4.90 Å². The highest BCUT2D eigenvalue weighted by molar-refractivity contribution is 6.30. The number of anilines is 1. The van der Waals surface area contributed by atoms with Gasteiger partial charge in [-0.25, -0.2) is 4.39 Å². The van der Waals surface area contributed by atoms with Gasteiger partial charge in [0.15, 0.2) is 11.5 Å². The largest absolute Gasteiger partial charge is 0.446 e. The number of nitrogens with zero attached hydrogens (tertiary/aromatic N) is 1. The molecule has 2 aliphatic heterocycles. The summed E-state index contributed by atoms with van der Waals surface area (Å²) in [7, 11) is 0. The number of benzene rings is 2. The number of hydrogen-bond acceptors (Lipinski definition) is 3.